The highest BCUT2D eigenvalue weighted by Crippen LogP contribution is 2.27. The van der Waals surface area contributed by atoms with Gasteiger partial charge in [-0.1, -0.05) is 6.07 Å². The van der Waals surface area contributed by atoms with Crippen molar-refractivity contribution in [3.05, 3.63) is 24.3 Å². The zero-order valence-electron chi connectivity index (χ0n) is 9.07. The van der Waals surface area contributed by atoms with E-state index in [-0.39, 0.29) is 6.03 Å². The molecule has 0 atom stereocenters. The monoisotopic (exact) mass is 217 g/mol. The van der Waals surface area contributed by atoms with Crippen LogP contribution in [0.2, 0.25) is 0 Å². The molecule has 2 amide bonds. The van der Waals surface area contributed by atoms with Crippen LogP contribution < -0.4 is 15.5 Å². The van der Waals surface area contributed by atoms with Crippen molar-refractivity contribution < 1.29 is 4.79 Å². The lowest BCUT2D eigenvalue weighted by Gasteiger charge is -2.15. The maximum atomic E-state index is 11.5. The van der Waals surface area contributed by atoms with Crippen LogP contribution >= 0.6 is 0 Å². The van der Waals surface area contributed by atoms with E-state index in [1.165, 1.54) is 12.8 Å². The molecule has 2 N–H and O–H groups in total. The van der Waals surface area contributed by atoms with Crippen LogP contribution in [0.5, 0.6) is 0 Å². The highest BCUT2D eigenvalue weighted by atomic mass is 16.2. The van der Waals surface area contributed by atoms with Crippen LogP contribution in [-0.4, -0.2) is 25.2 Å². The molecule has 1 aliphatic carbocycles. The summed E-state index contributed by atoms with van der Waals surface area (Å²) in [6.07, 6.45) is 2.52. The topological polar surface area (TPSA) is 44.4 Å². The molecule has 0 radical (unpaired) electrons. The van der Waals surface area contributed by atoms with Crippen LogP contribution in [0, 0.1) is 0 Å². The van der Waals surface area contributed by atoms with E-state index in [4.69, 9.17) is 0 Å². The number of nitrogens with one attached hydrogen (secondary N) is 2. The molecule has 0 spiro atoms. The molecule has 1 aromatic carbocycles. The molecule has 1 saturated carbocycles. The lowest BCUT2D eigenvalue weighted by Crippen LogP contribution is -2.27. The number of hydrogen-bond acceptors (Lipinski definition) is 2. The number of urea groups is 1. The van der Waals surface area contributed by atoms with Gasteiger partial charge < -0.3 is 10.6 Å². The molecule has 1 aromatic rings. The molecule has 1 aliphatic heterocycles. The van der Waals surface area contributed by atoms with Crippen molar-refractivity contribution in [2.24, 2.45) is 0 Å². The Bertz CT molecular complexity index is 414. The van der Waals surface area contributed by atoms with Gasteiger partial charge in [0.25, 0.3) is 0 Å². The van der Waals surface area contributed by atoms with Crippen LogP contribution in [0.1, 0.15) is 12.8 Å². The molecule has 4 nitrogen and oxygen atoms in total. The molecule has 3 rings (SSSR count). The predicted molar refractivity (Wildman–Crippen MR) is 63.8 cm³/mol. The highest BCUT2D eigenvalue weighted by Gasteiger charge is 2.23. The van der Waals surface area contributed by atoms with Crippen molar-refractivity contribution in [2.75, 3.05) is 23.3 Å². The fourth-order valence-electron chi connectivity index (χ4n) is 1.94. The molecule has 16 heavy (non-hydrogen) atoms. The van der Waals surface area contributed by atoms with Crippen molar-refractivity contribution in [1.82, 2.24) is 5.32 Å². The molecule has 2 aliphatic rings. The minimum atomic E-state index is 0.00331. The van der Waals surface area contributed by atoms with Crippen LogP contribution in [-0.2, 0) is 0 Å². The van der Waals surface area contributed by atoms with Gasteiger partial charge >= 0.3 is 6.03 Å². The van der Waals surface area contributed by atoms with Gasteiger partial charge in [0.1, 0.15) is 0 Å². The van der Waals surface area contributed by atoms with Crippen molar-refractivity contribution in [1.29, 1.82) is 0 Å². The van der Waals surface area contributed by atoms with E-state index in [1.807, 2.05) is 18.2 Å². The lowest BCUT2D eigenvalue weighted by molar-refractivity contribution is 0.252. The van der Waals surface area contributed by atoms with Gasteiger partial charge in [-0.25, -0.2) is 4.79 Å². The van der Waals surface area contributed by atoms with Gasteiger partial charge in [0.05, 0.1) is 0 Å². The summed E-state index contributed by atoms with van der Waals surface area (Å²) in [6, 6.07) is 8.71. The van der Waals surface area contributed by atoms with Crippen molar-refractivity contribution in [3.8, 4) is 0 Å². The number of carbonyl (C=O) groups excluding carboxylic acids is 1. The molecule has 1 saturated heterocycles. The lowest BCUT2D eigenvalue weighted by atomic mass is 10.2. The standard InChI is InChI=1S/C12H15N3O/c16-12-13-6-7-15(12)11-3-1-2-10(8-11)14-9-4-5-9/h1-3,8-9,14H,4-7H2,(H,13,16). The maximum Gasteiger partial charge on any atom is 0.321 e. The highest BCUT2D eigenvalue weighted by molar-refractivity contribution is 5.94. The molecule has 4 heteroatoms. The van der Waals surface area contributed by atoms with E-state index in [9.17, 15) is 4.79 Å². The Balaban J connectivity index is 1.80. The van der Waals surface area contributed by atoms with Gasteiger partial charge in [0.15, 0.2) is 0 Å². The summed E-state index contributed by atoms with van der Waals surface area (Å²) in [5, 5.41) is 6.24. The summed E-state index contributed by atoms with van der Waals surface area (Å²) in [4.78, 5) is 13.3. The Morgan fingerprint density at radius 3 is 2.94 bits per heavy atom. The quantitative estimate of drug-likeness (QED) is 0.810. The summed E-state index contributed by atoms with van der Waals surface area (Å²) in [5.41, 5.74) is 2.08. The number of anilines is 2. The second kappa shape index (κ2) is 3.70. The third kappa shape index (κ3) is 1.83. The van der Waals surface area contributed by atoms with Crippen LogP contribution in [0.25, 0.3) is 0 Å². The predicted octanol–water partition coefficient (Wildman–Crippen LogP) is 1.79. The third-order valence-corrected chi connectivity index (χ3v) is 2.96. The molecule has 0 aromatic heterocycles. The van der Waals surface area contributed by atoms with Gasteiger partial charge in [-0.15, -0.1) is 0 Å². The minimum Gasteiger partial charge on any atom is -0.382 e. The molecule has 1 heterocycles. The Kier molecular flexibility index (Phi) is 2.20. The molecule has 2 fully saturated rings. The summed E-state index contributed by atoms with van der Waals surface area (Å²) >= 11 is 0. The molecular formula is C12H15N3O. The minimum absolute atomic E-state index is 0.00331. The third-order valence-electron chi connectivity index (χ3n) is 2.96. The smallest absolute Gasteiger partial charge is 0.321 e. The first-order chi connectivity index (χ1) is 7.83. The van der Waals surface area contributed by atoms with E-state index >= 15 is 0 Å². The number of carbonyl (C=O) groups is 1. The number of rotatable bonds is 3. The zero-order chi connectivity index (χ0) is 11.0. The maximum absolute atomic E-state index is 11.5. The first kappa shape index (κ1) is 9.51. The van der Waals surface area contributed by atoms with Gasteiger partial charge in [0, 0.05) is 30.5 Å². The summed E-state index contributed by atoms with van der Waals surface area (Å²) in [6.45, 7) is 1.49. The van der Waals surface area contributed by atoms with Gasteiger partial charge in [-0.2, -0.15) is 0 Å². The van der Waals surface area contributed by atoms with Gasteiger partial charge in [-0.3, -0.25) is 4.90 Å². The normalized spacial score (nSPS) is 19.8. The average Bonchev–Trinajstić information content (AvgIpc) is 2.99. The second-order valence-corrected chi connectivity index (χ2v) is 4.35. The first-order valence-corrected chi connectivity index (χ1v) is 5.75. The number of amides is 2. The van der Waals surface area contributed by atoms with Crippen LogP contribution in [0.15, 0.2) is 24.3 Å². The average molecular weight is 217 g/mol. The van der Waals surface area contributed by atoms with E-state index in [0.29, 0.717) is 6.04 Å². The van der Waals surface area contributed by atoms with Crippen LogP contribution in [0.4, 0.5) is 16.2 Å². The van der Waals surface area contributed by atoms with Crippen molar-refractivity contribution in [2.45, 2.75) is 18.9 Å². The number of nitrogens with zero attached hydrogens (tertiary/aromatic N) is 1. The molecule has 0 bridgehead atoms. The van der Waals surface area contributed by atoms with E-state index in [2.05, 4.69) is 16.7 Å². The zero-order valence-corrected chi connectivity index (χ0v) is 9.07. The van der Waals surface area contributed by atoms with E-state index in [1.54, 1.807) is 4.90 Å². The second-order valence-electron chi connectivity index (χ2n) is 4.35. The summed E-state index contributed by atoms with van der Waals surface area (Å²) in [5.74, 6) is 0. The summed E-state index contributed by atoms with van der Waals surface area (Å²) in [7, 11) is 0. The van der Waals surface area contributed by atoms with E-state index < -0.39 is 0 Å². The first-order valence-electron chi connectivity index (χ1n) is 5.75. The largest absolute Gasteiger partial charge is 0.382 e. The van der Waals surface area contributed by atoms with Gasteiger partial charge in [0.2, 0.25) is 0 Å². The fourth-order valence-corrected chi connectivity index (χ4v) is 1.94. The fraction of sp³-hybridized carbons (Fsp3) is 0.417. The summed E-state index contributed by atoms with van der Waals surface area (Å²) < 4.78 is 0. The van der Waals surface area contributed by atoms with Crippen LogP contribution in [0.3, 0.4) is 0 Å². The Labute approximate surface area is 94.6 Å². The molecular weight excluding hydrogens is 202 g/mol. The van der Waals surface area contributed by atoms with Crippen molar-refractivity contribution in [3.63, 3.8) is 0 Å². The molecule has 0 unspecified atom stereocenters. The van der Waals surface area contributed by atoms with Gasteiger partial charge in [-0.05, 0) is 31.0 Å². The van der Waals surface area contributed by atoms with Crippen molar-refractivity contribution >= 4 is 17.4 Å². The SMILES string of the molecule is O=C1NCCN1c1cccc(NC2CC2)c1. The number of benzene rings is 1. The Hall–Kier alpha value is -1.71. The Morgan fingerprint density at radius 2 is 2.25 bits per heavy atom. The molecule has 84 valence electrons. The number of hydrogen-bond donors (Lipinski definition) is 2. The Morgan fingerprint density at radius 1 is 1.38 bits per heavy atom. The van der Waals surface area contributed by atoms with E-state index in [0.717, 1.165) is 24.5 Å².